The number of halogens is 2. The van der Waals surface area contributed by atoms with Gasteiger partial charge in [-0.3, -0.25) is 9.69 Å². The zero-order valence-electron chi connectivity index (χ0n) is 16.1. The van der Waals surface area contributed by atoms with Crippen LogP contribution in [0.25, 0.3) is 6.08 Å². The van der Waals surface area contributed by atoms with Gasteiger partial charge >= 0.3 is 0 Å². The van der Waals surface area contributed by atoms with Crippen molar-refractivity contribution in [2.24, 2.45) is 10.9 Å². The Morgan fingerprint density at radius 1 is 1.21 bits per heavy atom. The number of nitrogens with zero attached hydrogens (tertiary/aromatic N) is 2. The number of hydrogen-bond acceptors (Lipinski definition) is 5. The zero-order valence-corrected chi connectivity index (χ0v) is 20.1. The van der Waals surface area contributed by atoms with Crippen molar-refractivity contribution in [3.63, 3.8) is 0 Å². The number of amides is 1. The topological polar surface area (TPSA) is 62.1 Å². The van der Waals surface area contributed by atoms with Crippen molar-refractivity contribution in [1.82, 2.24) is 4.90 Å². The fraction of sp³-hybridized carbons (Fsp3) is 0.238. The monoisotopic (exact) mass is 538 g/mol. The highest BCUT2D eigenvalue weighted by atomic mass is 79.9. The van der Waals surface area contributed by atoms with Crippen LogP contribution in [-0.2, 0) is 4.79 Å². The van der Waals surface area contributed by atoms with Crippen molar-refractivity contribution in [1.29, 1.82) is 0 Å². The second kappa shape index (κ2) is 9.36. The molecule has 29 heavy (non-hydrogen) atoms. The SMILES string of the molecule is COc1ccc(N=C2SC(=Cc3cc(Br)c(O)c(Br)c3)C(=O)N2CC(C)C)cc1. The minimum Gasteiger partial charge on any atom is -0.506 e. The van der Waals surface area contributed by atoms with E-state index in [9.17, 15) is 9.90 Å². The van der Waals surface area contributed by atoms with Gasteiger partial charge in [0.25, 0.3) is 5.91 Å². The molecule has 0 atom stereocenters. The molecule has 0 radical (unpaired) electrons. The Labute approximate surface area is 191 Å². The Kier molecular flexibility index (Phi) is 7.08. The molecule has 1 aliphatic rings. The van der Waals surface area contributed by atoms with Crippen LogP contribution in [0, 0.1) is 5.92 Å². The van der Waals surface area contributed by atoms with Gasteiger partial charge in [-0.2, -0.15) is 0 Å². The number of aliphatic imine (C=N–C) groups is 1. The van der Waals surface area contributed by atoms with Crippen molar-refractivity contribution in [2.75, 3.05) is 13.7 Å². The summed E-state index contributed by atoms with van der Waals surface area (Å²) in [4.78, 5) is 20.0. The van der Waals surface area contributed by atoms with Gasteiger partial charge in [0.15, 0.2) is 5.17 Å². The molecule has 0 aliphatic carbocycles. The molecule has 2 aromatic rings. The maximum Gasteiger partial charge on any atom is 0.266 e. The number of rotatable bonds is 5. The van der Waals surface area contributed by atoms with Crippen LogP contribution >= 0.6 is 43.6 Å². The zero-order chi connectivity index (χ0) is 21.1. The van der Waals surface area contributed by atoms with Gasteiger partial charge in [-0.05, 0) is 97.6 Å². The van der Waals surface area contributed by atoms with E-state index < -0.39 is 0 Å². The van der Waals surface area contributed by atoms with Crippen LogP contribution in [0.4, 0.5) is 5.69 Å². The molecule has 3 rings (SSSR count). The van der Waals surface area contributed by atoms with Gasteiger partial charge in [-0.15, -0.1) is 0 Å². The lowest BCUT2D eigenvalue weighted by atomic mass is 10.2. The molecule has 2 aromatic carbocycles. The first-order chi connectivity index (χ1) is 13.8. The number of methoxy groups -OCH3 is 1. The van der Waals surface area contributed by atoms with Crippen LogP contribution in [0.5, 0.6) is 11.5 Å². The molecule has 0 aromatic heterocycles. The molecule has 1 fully saturated rings. The molecule has 0 bridgehead atoms. The molecule has 8 heteroatoms. The van der Waals surface area contributed by atoms with Crippen molar-refractivity contribution in [3.8, 4) is 11.5 Å². The number of benzene rings is 2. The summed E-state index contributed by atoms with van der Waals surface area (Å²) in [6.07, 6.45) is 1.81. The third kappa shape index (κ3) is 5.24. The average molecular weight is 540 g/mol. The summed E-state index contributed by atoms with van der Waals surface area (Å²) >= 11 is 8.00. The fourth-order valence-electron chi connectivity index (χ4n) is 2.70. The van der Waals surface area contributed by atoms with Crippen LogP contribution in [0.3, 0.4) is 0 Å². The van der Waals surface area contributed by atoms with E-state index >= 15 is 0 Å². The number of ether oxygens (including phenoxy) is 1. The molecule has 1 aliphatic heterocycles. The van der Waals surface area contributed by atoms with Crippen LogP contribution in [0.1, 0.15) is 19.4 Å². The summed E-state index contributed by atoms with van der Waals surface area (Å²) in [6.45, 7) is 4.72. The van der Waals surface area contributed by atoms with Crippen molar-refractivity contribution >= 4 is 66.5 Å². The van der Waals surface area contributed by atoms with Gasteiger partial charge in [0.05, 0.1) is 26.6 Å². The molecule has 1 heterocycles. The van der Waals surface area contributed by atoms with E-state index in [0.29, 0.717) is 31.5 Å². The summed E-state index contributed by atoms with van der Waals surface area (Å²) in [5, 5.41) is 10.6. The molecule has 5 nitrogen and oxygen atoms in total. The van der Waals surface area contributed by atoms with E-state index in [2.05, 4.69) is 50.7 Å². The Morgan fingerprint density at radius 3 is 2.38 bits per heavy atom. The maximum absolute atomic E-state index is 13.0. The normalized spacial score (nSPS) is 17.0. The predicted molar refractivity (Wildman–Crippen MR) is 126 cm³/mol. The molecule has 1 N–H and O–H groups in total. The van der Waals surface area contributed by atoms with E-state index in [4.69, 9.17) is 4.74 Å². The molecule has 152 valence electrons. The maximum atomic E-state index is 13.0. The van der Waals surface area contributed by atoms with Gasteiger partial charge in [0.1, 0.15) is 11.5 Å². The number of carbonyl (C=O) groups is 1. The summed E-state index contributed by atoms with van der Waals surface area (Å²) in [7, 11) is 1.62. The number of hydrogen-bond donors (Lipinski definition) is 1. The largest absolute Gasteiger partial charge is 0.506 e. The minimum absolute atomic E-state index is 0.0729. The van der Waals surface area contributed by atoms with Crippen molar-refractivity contribution in [2.45, 2.75) is 13.8 Å². The highest BCUT2D eigenvalue weighted by Gasteiger charge is 2.33. The second-order valence-electron chi connectivity index (χ2n) is 6.85. The Bertz CT molecular complexity index is 965. The first-order valence-corrected chi connectivity index (χ1v) is 11.3. The number of carbonyl (C=O) groups excluding carboxylic acids is 1. The van der Waals surface area contributed by atoms with E-state index in [-0.39, 0.29) is 11.7 Å². The number of thioether (sulfide) groups is 1. The fourth-order valence-corrected chi connectivity index (χ4v) is 4.93. The third-order valence-corrected chi connectivity index (χ3v) is 6.29. The lowest BCUT2D eigenvalue weighted by molar-refractivity contribution is -0.122. The highest BCUT2D eigenvalue weighted by molar-refractivity contribution is 9.11. The lowest BCUT2D eigenvalue weighted by Gasteiger charge is -2.17. The summed E-state index contributed by atoms with van der Waals surface area (Å²) in [6, 6.07) is 10.9. The number of phenols is 1. The summed E-state index contributed by atoms with van der Waals surface area (Å²) in [5.74, 6) is 1.11. The Hall–Kier alpha value is -1.77. The minimum atomic E-state index is -0.0729. The average Bonchev–Trinajstić information content (AvgIpc) is 2.95. The van der Waals surface area contributed by atoms with E-state index in [0.717, 1.165) is 17.0 Å². The van der Waals surface area contributed by atoms with Gasteiger partial charge in [-0.25, -0.2) is 4.99 Å². The van der Waals surface area contributed by atoms with Gasteiger partial charge < -0.3 is 9.84 Å². The van der Waals surface area contributed by atoms with Crippen molar-refractivity contribution in [3.05, 3.63) is 55.8 Å². The van der Waals surface area contributed by atoms with Crippen LogP contribution in [0.2, 0.25) is 0 Å². The predicted octanol–water partition coefficient (Wildman–Crippen LogP) is 6.19. The Morgan fingerprint density at radius 2 is 1.83 bits per heavy atom. The third-order valence-electron chi connectivity index (χ3n) is 4.07. The molecule has 0 saturated carbocycles. The van der Waals surface area contributed by atoms with E-state index in [1.54, 1.807) is 24.1 Å². The summed E-state index contributed by atoms with van der Waals surface area (Å²) in [5.41, 5.74) is 1.55. The summed E-state index contributed by atoms with van der Waals surface area (Å²) < 4.78 is 6.30. The molecule has 0 spiro atoms. The number of phenolic OH excluding ortho intramolecular Hbond substituents is 1. The van der Waals surface area contributed by atoms with Crippen molar-refractivity contribution < 1.29 is 14.6 Å². The van der Waals surface area contributed by atoms with Gasteiger partial charge in [-0.1, -0.05) is 13.8 Å². The van der Waals surface area contributed by atoms with Crippen LogP contribution in [-0.4, -0.2) is 34.7 Å². The molecular formula is C21H20Br2N2O3S. The van der Waals surface area contributed by atoms with E-state index in [1.165, 1.54) is 11.8 Å². The number of amidine groups is 1. The molecular weight excluding hydrogens is 520 g/mol. The quantitative estimate of drug-likeness (QED) is 0.460. The number of aromatic hydroxyl groups is 1. The van der Waals surface area contributed by atoms with Crippen LogP contribution in [0.15, 0.2) is 55.2 Å². The molecule has 1 saturated heterocycles. The molecule has 1 amide bonds. The highest BCUT2D eigenvalue weighted by Crippen LogP contribution is 2.38. The Balaban J connectivity index is 1.96. The van der Waals surface area contributed by atoms with E-state index in [1.807, 2.05) is 30.3 Å². The van der Waals surface area contributed by atoms with Gasteiger partial charge in [0, 0.05) is 6.54 Å². The smallest absolute Gasteiger partial charge is 0.266 e. The lowest BCUT2D eigenvalue weighted by Crippen LogP contribution is -2.32. The standard InChI is InChI=1S/C21H20Br2N2O3S/c1-12(2)11-25-20(27)18(10-13-8-16(22)19(26)17(23)9-13)29-21(25)24-14-4-6-15(28-3)7-5-14/h4-10,12,26H,11H2,1-3H3. The second-order valence-corrected chi connectivity index (χ2v) is 9.56. The first-order valence-electron chi connectivity index (χ1n) is 8.90. The van der Waals surface area contributed by atoms with Crippen LogP contribution < -0.4 is 4.74 Å². The molecule has 0 unspecified atom stereocenters. The van der Waals surface area contributed by atoms with Gasteiger partial charge in [0.2, 0.25) is 0 Å². The first kappa shape index (κ1) is 21.9.